The molecule has 0 N–H and O–H groups in total. The van der Waals surface area contributed by atoms with Crippen molar-refractivity contribution in [3.63, 3.8) is 0 Å². The van der Waals surface area contributed by atoms with Gasteiger partial charge in [-0.25, -0.2) is 0 Å². The van der Waals surface area contributed by atoms with Crippen molar-refractivity contribution in [2.24, 2.45) is 0 Å². The molecule has 0 atom stereocenters. The molecule has 0 radical (unpaired) electrons. The molecule has 0 unspecified atom stereocenters. The first kappa shape index (κ1) is 17.8. The summed E-state index contributed by atoms with van der Waals surface area (Å²) in [7, 11) is 3.66. The van der Waals surface area contributed by atoms with Crippen molar-refractivity contribution in [3.05, 3.63) is 34.9 Å². The number of carbonyl (C=O) groups excluding carboxylic acids is 1. The van der Waals surface area contributed by atoms with E-state index in [0.717, 1.165) is 37.7 Å². The average Bonchev–Trinajstić information content (AvgIpc) is 2.56. The second-order valence-electron chi connectivity index (χ2n) is 6.42. The third kappa shape index (κ3) is 4.25. The number of benzene rings is 1. The molecule has 1 aromatic carbocycles. The molecule has 1 aliphatic carbocycles. The van der Waals surface area contributed by atoms with Crippen LogP contribution < -0.4 is 0 Å². The van der Waals surface area contributed by atoms with Gasteiger partial charge in [-0.2, -0.15) is 5.26 Å². The Bertz CT molecular complexity index is 590. The smallest absolute Gasteiger partial charge is 0.237 e. The lowest BCUT2D eigenvalue weighted by Gasteiger charge is -2.39. The van der Waals surface area contributed by atoms with Gasteiger partial charge in [-0.05, 0) is 31.5 Å². The Morgan fingerprint density at radius 2 is 1.91 bits per heavy atom. The molecule has 1 fully saturated rings. The zero-order chi connectivity index (χ0) is 16.9. The minimum Gasteiger partial charge on any atom is -0.326 e. The van der Waals surface area contributed by atoms with Crippen molar-refractivity contribution in [1.82, 2.24) is 9.80 Å². The van der Waals surface area contributed by atoms with Gasteiger partial charge in [0.15, 0.2) is 0 Å². The maximum absolute atomic E-state index is 12.6. The summed E-state index contributed by atoms with van der Waals surface area (Å²) >= 11 is 6.17. The largest absolute Gasteiger partial charge is 0.326 e. The molecule has 0 saturated heterocycles. The highest BCUT2D eigenvalue weighted by Crippen LogP contribution is 2.32. The van der Waals surface area contributed by atoms with Crippen LogP contribution in [0.2, 0.25) is 5.02 Å². The van der Waals surface area contributed by atoms with Crippen LogP contribution in [-0.4, -0.2) is 41.9 Å². The van der Waals surface area contributed by atoms with Crippen molar-refractivity contribution in [2.45, 2.75) is 44.2 Å². The number of halogens is 1. The predicted octanol–water partition coefficient (Wildman–Crippen LogP) is 3.46. The molecule has 0 aliphatic heterocycles. The number of nitriles is 1. The van der Waals surface area contributed by atoms with Crippen molar-refractivity contribution >= 4 is 17.5 Å². The lowest BCUT2D eigenvalue weighted by atomic mass is 9.81. The van der Waals surface area contributed by atoms with E-state index in [1.807, 2.05) is 36.2 Å². The van der Waals surface area contributed by atoms with Crippen LogP contribution in [0.1, 0.15) is 37.7 Å². The molecule has 1 aromatic rings. The summed E-state index contributed by atoms with van der Waals surface area (Å²) in [6, 6.07) is 10.0. The van der Waals surface area contributed by atoms with E-state index >= 15 is 0 Å². The van der Waals surface area contributed by atoms with Crippen molar-refractivity contribution in [3.8, 4) is 6.07 Å². The summed E-state index contributed by atoms with van der Waals surface area (Å²) in [4.78, 5) is 16.2. The summed E-state index contributed by atoms with van der Waals surface area (Å²) in [6.07, 6.45) is 4.74. The molecule has 0 bridgehead atoms. The molecule has 4 nitrogen and oxygen atoms in total. The topological polar surface area (TPSA) is 47.3 Å². The quantitative estimate of drug-likeness (QED) is 0.829. The number of amides is 1. The number of nitrogens with zero attached hydrogens (tertiary/aromatic N) is 3. The van der Waals surface area contributed by atoms with Crippen LogP contribution in [-0.2, 0) is 11.3 Å². The summed E-state index contributed by atoms with van der Waals surface area (Å²) in [5.41, 5.74) is 0.375. The summed E-state index contributed by atoms with van der Waals surface area (Å²) < 4.78 is 0. The van der Waals surface area contributed by atoms with Crippen LogP contribution in [0, 0.1) is 11.3 Å². The minimum atomic E-state index is -0.624. The van der Waals surface area contributed by atoms with Gasteiger partial charge in [-0.3, -0.25) is 9.69 Å². The second kappa shape index (κ2) is 7.81. The summed E-state index contributed by atoms with van der Waals surface area (Å²) in [5.74, 6) is -0.0111. The normalized spacial score (nSPS) is 16.8. The molecule has 23 heavy (non-hydrogen) atoms. The van der Waals surface area contributed by atoms with Crippen LogP contribution >= 0.6 is 11.6 Å². The fourth-order valence-corrected chi connectivity index (χ4v) is 3.40. The molecular weight excluding hydrogens is 310 g/mol. The lowest BCUT2D eigenvalue weighted by molar-refractivity contribution is -0.135. The number of hydrogen-bond acceptors (Lipinski definition) is 3. The van der Waals surface area contributed by atoms with Gasteiger partial charge in [0.05, 0.1) is 12.6 Å². The Hall–Kier alpha value is -1.57. The number of rotatable bonds is 5. The van der Waals surface area contributed by atoms with E-state index in [1.165, 1.54) is 0 Å². The van der Waals surface area contributed by atoms with Gasteiger partial charge in [0.2, 0.25) is 5.91 Å². The third-order valence-corrected chi connectivity index (χ3v) is 5.08. The zero-order valence-corrected chi connectivity index (χ0v) is 14.6. The molecule has 124 valence electrons. The van der Waals surface area contributed by atoms with E-state index < -0.39 is 5.54 Å². The van der Waals surface area contributed by atoms with Gasteiger partial charge in [-0.1, -0.05) is 49.1 Å². The Kier molecular flexibility index (Phi) is 6.04. The van der Waals surface area contributed by atoms with Crippen molar-refractivity contribution in [1.29, 1.82) is 5.26 Å². The van der Waals surface area contributed by atoms with E-state index in [0.29, 0.717) is 11.6 Å². The first-order chi connectivity index (χ1) is 11.0. The Morgan fingerprint density at radius 3 is 2.52 bits per heavy atom. The highest BCUT2D eigenvalue weighted by Gasteiger charge is 2.38. The molecule has 1 aliphatic rings. The van der Waals surface area contributed by atoms with Gasteiger partial charge >= 0.3 is 0 Å². The molecule has 1 saturated carbocycles. The second-order valence-corrected chi connectivity index (χ2v) is 6.83. The van der Waals surface area contributed by atoms with Crippen LogP contribution in [0.25, 0.3) is 0 Å². The van der Waals surface area contributed by atoms with E-state index in [2.05, 4.69) is 6.07 Å². The van der Waals surface area contributed by atoms with Crippen LogP contribution in [0.4, 0.5) is 0 Å². The maximum Gasteiger partial charge on any atom is 0.237 e. The lowest BCUT2D eigenvalue weighted by Crippen LogP contribution is -2.52. The highest BCUT2D eigenvalue weighted by atomic mass is 35.5. The first-order valence-electron chi connectivity index (χ1n) is 8.08. The maximum atomic E-state index is 12.6. The Labute approximate surface area is 143 Å². The molecule has 2 rings (SSSR count). The van der Waals surface area contributed by atoms with E-state index in [1.54, 1.807) is 11.9 Å². The number of carbonyl (C=O) groups is 1. The monoisotopic (exact) mass is 333 g/mol. The highest BCUT2D eigenvalue weighted by molar-refractivity contribution is 6.31. The molecular formula is C18H24ClN3O. The SMILES string of the molecule is CN(CC(=O)N(C)C1(C#N)CCCCC1)Cc1ccccc1Cl. The predicted molar refractivity (Wildman–Crippen MR) is 92.0 cm³/mol. The fraction of sp³-hybridized carbons (Fsp3) is 0.556. The van der Waals surface area contributed by atoms with E-state index in [9.17, 15) is 10.1 Å². The summed E-state index contributed by atoms with van der Waals surface area (Å²) in [6.45, 7) is 0.893. The van der Waals surface area contributed by atoms with Crippen molar-refractivity contribution in [2.75, 3.05) is 20.6 Å². The van der Waals surface area contributed by atoms with Crippen LogP contribution in [0.15, 0.2) is 24.3 Å². The standard InChI is InChI=1S/C18H24ClN3O/c1-21(12-15-8-4-5-9-16(15)19)13-17(23)22(2)18(14-20)10-6-3-7-11-18/h4-5,8-9H,3,6-7,10-13H2,1-2H3. The van der Waals surface area contributed by atoms with E-state index in [4.69, 9.17) is 11.6 Å². The van der Waals surface area contributed by atoms with Gasteiger partial charge < -0.3 is 4.90 Å². The number of hydrogen-bond donors (Lipinski definition) is 0. The minimum absolute atomic E-state index is 0.0111. The Balaban J connectivity index is 1.97. The first-order valence-corrected chi connectivity index (χ1v) is 8.46. The molecule has 0 aromatic heterocycles. The summed E-state index contributed by atoms with van der Waals surface area (Å²) in [5, 5.41) is 10.3. The molecule has 0 heterocycles. The third-order valence-electron chi connectivity index (χ3n) is 4.71. The van der Waals surface area contributed by atoms with Gasteiger partial charge in [0.25, 0.3) is 0 Å². The van der Waals surface area contributed by atoms with Crippen LogP contribution in [0.3, 0.4) is 0 Å². The number of likely N-dealkylation sites (N-methyl/N-ethyl adjacent to an activating group) is 2. The van der Waals surface area contributed by atoms with Gasteiger partial charge in [-0.15, -0.1) is 0 Å². The Morgan fingerprint density at radius 1 is 1.26 bits per heavy atom. The van der Waals surface area contributed by atoms with Crippen molar-refractivity contribution < 1.29 is 4.79 Å². The average molecular weight is 334 g/mol. The van der Waals surface area contributed by atoms with Gasteiger partial charge in [0, 0.05) is 18.6 Å². The molecule has 0 spiro atoms. The zero-order valence-electron chi connectivity index (χ0n) is 13.9. The fourth-order valence-electron chi connectivity index (χ4n) is 3.21. The van der Waals surface area contributed by atoms with Crippen LogP contribution in [0.5, 0.6) is 0 Å². The van der Waals surface area contributed by atoms with Gasteiger partial charge in [0.1, 0.15) is 5.54 Å². The van der Waals surface area contributed by atoms with E-state index in [-0.39, 0.29) is 12.5 Å². The molecule has 5 heteroatoms. The molecule has 1 amide bonds.